The number of hydrogen-bond donors (Lipinski definition) is 1. The van der Waals surface area contributed by atoms with Crippen molar-refractivity contribution < 1.29 is 9.59 Å². The molecule has 3 aromatic rings. The summed E-state index contributed by atoms with van der Waals surface area (Å²) in [6, 6.07) is 23.2. The van der Waals surface area contributed by atoms with Crippen LogP contribution in [0.5, 0.6) is 0 Å². The van der Waals surface area contributed by atoms with Crippen molar-refractivity contribution in [2.24, 2.45) is 0 Å². The molecule has 2 amide bonds. The van der Waals surface area contributed by atoms with E-state index in [1.54, 1.807) is 23.2 Å². The Balaban J connectivity index is 1.50. The number of nitrogens with zero attached hydrogens (tertiary/aromatic N) is 2. The molecular weight excluding hydrogens is 394 g/mol. The van der Waals surface area contributed by atoms with Gasteiger partial charge in [-0.3, -0.25) is 9.59 Å². The summed E-state index contributed by atoms with van der Waals surface area (Å²) in [5.41, 5.74) is 2.45. The lowest BCUT2D eigenvalue weighted by Gasteiger charge is -2.36. The van der Waals surface area contributed by atoms with E-state index in [9.17, 15) is 9.59 Å². The molecule has 1 saturated heterocycles. The molecule has 1 aromatic heterocycles. The molecular formula is C24H23N3O2S. The molecule has 0 bridgehead atoms. The van der Waals surface area contributed by atoms with Gasteiger partial charge in [0.05, 0.1) is 11.5 Å². The van der Waals surface area contributed by atoms with Crippen molar-refractivity contribution in [3.8, 4) is 0 Å². The van der Waals surface area contributed by atoms with Gasteiger partial charge in [-0.1, -0.05) is 72.9 Å². The van der Waals surface area contributed by atoms with Crippen LogP contribution < -0.4 is 0 Å². The third-order valence-electron chi connectivity index (χ3n) is 5.44. The van der Waals surface area contributed by atoms with E-state index in [-0.39, 0.29) is 17.7 Å². The van der Waals surface area contributed by atoms with Crippen LogP contribution in [0.4, 0.5) is 0 Å². The molecule has 2 aromatic carbocycles. The summed E-state index contributed by atoms with van der Waals surface area (Å²) in [5.74, 6) is -0.374. The van der Waals surface area contributed by atoms with Gasteiger partial charge in [-0.15, -0.1) is 0 Å². The van der Waals surface area contributed by atoms with Crippen molar-refractivity contribution in [3.63, 3.8) is 0 Å². The van der Waals surface area contributed by atoms with E-state index >= 15 is 0 Å². The van der Waals surface area contributed by atoms with Gasteiger partial charge in [0.25, 0.3) is 5.91 Å². The van der Waals surface area contributed by atoms with Crippen LogP contribution in [-0.4, -0.2) is 52.8 Å². The number of aromatic amines is 1. The molecule has 1 aliphatic heterocycles. The number of nitrogens with one attached hydrogen (secondary N) is 1. The third kappa shape index (κ3) is 4.19. The van der Waals surface area contributed by atoms with Gasteiger partial charge in [0, 0.05) is 32.4 Å². The van der Waals surface area contributed by atoms with E-state index < -0.39 is 0 Å². The highest BCUT2D eigenvalue weighted by Crippen LogP contribution is 2.27. The monoisotopic (exact) mass is 417 g/mol. The van der Waals surface area contributed by atoms with Gasteiger partial charge in [0.2, 0.25) is 5.91 Å². The number of hydrogen-bond acceptors (Lipinski definition) is 3. The van der Waals surface area contributed by atoms with Gasteiger partial charge in [0.15, 0.2) is 0 Å². The second-order valence-corrected chi connectivity index (χ2v) is 7.69. The fraction of sp³-hybridized carbons (Fsp3) is 0.208. The quantitative estimate of drug-likeness (QED) is 0.656. The Labute approximate surface area is 181 Å². The van der Waals surface area contributed by atoms with Crippen LogP contribution in [0.25, 0.3) is 0 Å². The minimum atomic E-state index is -0.349. The number of benzene rings is 2. The molecule has 4 rings (SSSR count). The predicted octanol–water partition coefficient (Wildman–Crippen LogP) is 3.86. The van der Waals surface area contributed by atoms with Crippen LogP contribution >= 0.6 is 12.2 Å². The smallest absolute Gasteiger partial charge is 0.256 e. The molecule has 5 nitrogen and oxygen atoms in total. The van der Waals surface area contributed by atoms with Crippen molar-refractivity contribution in [3.05, 3.63) is 100 Å². The fourth-order valence-electron chi connectivity index (χ4n) is 3.84. The Bertz CT molecular complexity index is 1030. The van der Waals surface area contributed by atoms with Crippen LogP contribution in [0.15, 0.2) is 79.0 Å². The number of aromatic nitrogens is 1. The minimum absolute atomic E-state index is 0.0662. The van der Waals surface area contributed by atoms with E-state index in [0.29, 0.717) is 36.4 Å². The molecule has 0 radical (unpaired) electrons. The zero-order chi connectivity index (χ0) is 20.9. The first-order chi connectivity index (χ1) is 14.6. The van der Waals surface area contributed by atoms with Gasteiger partial charge in [-0.2, -0.15) is 0 Å². The molecule has 2 heterocycles. The standard InChI is InChI=1S/C24H23N3O2S/c28-23(20-12-7-13-25-22(20)30)26-14-16-27(17-15-26)24(29)21(18-8-3-1-4-9-18)19-10-5-2-6-11-19/h1-13,21H,14-17H2,(H,25,30). The lowest BCUT2D eigenvalue weighted by Crippen LogP contribution is -2.51. The second-order valence-electron chi connectivity index (χ2n) is 7.28. The molecule has 1 aliphatic rings. The van der Waals surface area contributed by atoms with Crippen LogP contribution in [0.2, 0.25) is 0 Å². The number of carbonyl (C=O) groups excluding carboxylic acids is 2. The van der Waals surface area contributed by atoms with Crippen molar-refractivity contribution in [1.82, 2.24) is 14.8 Å². The van der Waals surface area contributed by atoms with E-state index in [0.717, 1.165) is 11.1 Å². The Morgan fingerprint density at radius 3 is 1.83 bits per heavy atom. The minimum Gasteiger partial charge on any atom is -0.352 e. The number of H-pyrrole nitrogens is 1. The van der Waals surface area contributed by atoms with Gasteiger partial charge in [-0.05, 0) is 23.3 Å². The Hall–Kier alpha value is -3.25. The van der Waals surface area contributed by atoms with Crippen LogP contribution in [0, 0.1) is 4.64 Å². The third-order valence-corrected chi connectivity index (χ3v) is 5.78. The van der Waals surface area contributed by atoms with E-state index in [1.807, 2.05) is 65.6 Å². The highest BCUT2D eigenvalue weighted by Gasteiger charge is 2.31. The van der Waals surface area contributed by atoms with Gasteiger partial charge >= 0.3 is 0 Å². The Morgan fingerprint density at radius 2 is 1.30 bits per heavy atom. The number of carbonyl (C=O) groups is 2. The molecule has 1 N–H and O–H groups in total. The van der Waals surface area contributed by atoms with E-state index in [2.05, 4.69) is 4.98 Å². The summed E-state index contributed by atoms with van der Waals surface area (Å²) < 4.78 is 0.439. The molecule has 152 valence electrons. The maximum atomic E-state index is 13.5. The molecule has 0 unspecified atom stereocenters. The van der Waals surface area contributed by atoms with Crippen LogP contribution in [-0.2, 0) is 4.79 Å². The maximum Gasteiger partial charge on any atom is 0.256 e. The summed E-state index contributed by atoms with van der Waals surface area (Å²) in [4.78, 5) is 32.8. The van der Waals surface area contributed by atoms with Crippen molar-refractivity contribution >= 4 is 24.0 Å². The normalized spacial score (nSPS) is 14.0. The van der Waals surface area contributed by atoms with Gasteiger partial charge in [0.1, 0.15) is 4.64 Å². The van der Waals surface area contributed by atoms with Crippen LogP contribution in [0.1, 0.15) is 27.4 Å². The van der Waals surface area contributed by atoms with Crippen molar-refractivity contribution in [2.75, 3.05) is 26.2 Å². The first-order valence-electron chi connectivity index (χ1n) is 10.0. The average molecular weight is 418 g/mol. The lowest BCUT2D eigenvalue weighted by atomic mass is 9.90. The van der Waals surface area contributed by atoms with Crippen molar-refractivity contribution in [2.45, 2.75) is 5.92 Å². The zero-order valence-electron chi connectivity index (χ0n) is 16.5. The molecule has 30 heavy (non-hydrogen) atoms. The molecule has 1 fully saturated rings. The highest BCUT2D eigenvalue weighted by molar-refractivity contribution is 7.71. The highest BCUT2D eigenvalue weighted by atomic mass is 32.1. The summed E-state index contributed by atoms with van der Waals surface area (Å²) >= 11 is 5.24. The maximum absolute atomic E-state index is 13.5. The molecule has 6 heteroatoms. The SMILES string of the molecule is O=C(c1ccc[nH]c1=S)N1CCN(C(=O)C(c2ccccc2)c2ccccc2)CC1. The summed E-state index contributed by atoms with van der Waals surface area (Å²) in [5, 5.41) is 0. The first-order valence-corrected chi connectivity index (χ1v) is 10.4. The molecule has 0 spiro atoms. The van der Waals surface area contributed by atoms with E-state index in [1.165, 1.54) is 0 Å². The number of rotatable bonds is 4. The van der Waals surface area contributed by atoms with Gasteiger partial charge in [-0.25, -0.2) is 0 Å². The fourth-order valence-corrected chi connectivity index (χ4v) is 4.06. The van der Waals surface area contributed by atoms with Crippen molar-refractivity contribution in [1.29, 1.82) is 0 Å². The number of pyridine rings is 1. The Kier molecular flexibility index (Phi) is 6.05. The Morgan fingerprint density at radius 1 is 0.767 bits per heavy atom. The molecule has 0 saturated carbocycles. The van der Waals surface area contributed by atoms with Crippen LogP contribution in [0.3, 0.4) is 0 Å². The zero-order valence-corrected chi connectivity index (χ0v) is 17.3. The largest absolute Gasteiger partial charge is 0.352 e. The topological polar surface area (TPSA) is 56.4 Å². The summed E-state index contributed by atoms with van der Waals surface area (Å²) in [6.07, 6.45) is 1.71. The van der Waals surface area contributed by atoms with Gasteiger partial charge < -0.3 is 14.8 Å². The summed E-state index contributed by atoms with van der Waals surface area (Å²) in [7, 11) is 0. The number of piperazine rings is 1. The van der Waals surface area contributed by atoms with E-state index in [4.69, 9.17) is 12.2 Å². The lowest BCUT2D eigenvalue weighted by molar-refractivity contribution is -0.133. The average Bonchev–Trinajstić information content (AvgIpc) is 2.81. The predicted molar refractivity (Wildman–Crippen MR) is 119 cm³/mol. The first kappa shape index (κ1) is 20.0. The molecule has 0 atom stereocenters. The summed E-state index contributed by atoms with van der Waals surface area (Å²) in [6.45, 7) is 1.99. The molecule has 0 aliphatic carbocycles. The second kappa shape index (κ2) is 9.05. The number of amides is 2.